The molecule has 0 saturated carbocycles. The molecular formula is C9H22O2Si. The molecule has 0 aromatic heterocycles. The Morgan fingerprint density at radius 2 is 1.75 bits per heavy atom. The first kappa shape index (κ1) is 12.1. The van der Waals surface area contributed by atoms with Gasteiger partial charge in [0.05, 0.1) is 13.3 Å². The van der Waals surface area contributed by atoms with Crippen LogP contribution in [0.4, 0.5) is 0 Å². The summed E-state index contributed by atoms with van der Waals surface area (Å²) in [7, 11) is -1.24. The van der Waals surface area contributed by atoms with Crippen molar-refractivity contribution < 1.29 is 9.84 Å². The highest BCUT2D eigenvalue weighted by Crippen LogP contribution is 2.23. The highest BCUT2D eigenvalue weighted by atomic mass is 28.3. The van der Waals surface area contributed by atoms with E-state index in [0.717, 1.165) is 6.42 Å². The van der Waals surface area contributed by atoms with Gasteiger partial charge in [0, 0.05) is 13.2 Å². The van der Waals surface area contributed by atoms with Crippen LogP contribution < -0.4 is 0 Å². The summed E-state index contributed by atoms with van der Waals surface area (Å²) in [6.45, 7) is 12.1. The first-order valence-electron chi connectivity index (χ1n) is 4.56. The van der Waals surface area contributed by atoms with Gasteiger partial charge in [0.25, 0.3) is 0 Å². The smallest absolute Gasteiger partial charge is 0.0817 e. The highest BCUT2D eigenvalue weighted by Gasteiger charge is 2.35. The molecule has 0 radical (unpaired) electrons. The topological polar surface area (TPSA) is 29.5 Å². The summed E-state index contributed by atoms with van der Waals surface area (Å²) in [5.41, 5.74) is 0. The second-order valence-electron chi connectivity index (χ2n) is 4.69. The Balaban J connectivity index is 3.88. The van der Waals surface area contributed by atoms with Crippen molar-refractivity contribution in [1.29, 1.82) is 0 Å². The fourth-order valence-electron chi connectivity index (χ4n) is 0.608. The summed E-state index contributed by atoms with van der Waals surface area (Å²) in [5.74, 6) is 0. The maximum Gasteiger partial charge on any atom is 0.0817 e. The van der Waals surface area contributed by atoms with Crippen LogP contribution in [0.3, 0.4) is 0 Å². The van der Waals surface area contributed by atoms with E-state index in [9.17, 15) is 0 Å². The van der Waals surface area contributed by atoms with Crippen LogP contribution in [0.15, 0.2) is 0 Å². The van der Waals surface area contributed by atoms with Gasteiger partial charge >= 0.3 is 0 Å². The van der Waals surface area contributed by atoms with Gasteiger partial charge in [0.2, 0.25) is 0 Å². The summed E-state index contributed by atoms with van der Waals surface area (Å²) in [4.78, 5) is 0. The van der Waals surface area contributed by atoms with E-state index >= 15 is 0 Å². The predicted octanol–water partition coefficient (Wildman–Crippen LogP) is 2.04. The molecule has 3 heteroatoms. The molecule has 0 fully saturated rings. The van der Waals surface area contributed by atoms with E-state index < -0.39 is 8.07 Å². The molecule has 1 N–H and O–H groups in total. The van der Waals surface area contributed by atoms with Crippen molar-refractivity contribution >= 4 is 8.07 Å². The fraction of sp³-hybridized carbons (Fsp3) is 1.00. The molecule has 0 aliphatic heterocycles. The summed E-state index contributed by atoms with van der Waals surface area (Å²) >= 11 is 0. The first-order valence-corrected chi connectivity index (χ1v) is 8.06. The van der Waals surface area contributed by atoms with Crippen molar-refractivity contribution in [1.82, 2.24) is 0 Å². The third kappa shape index (κ3) is 3.69. The fourth-order valence-corrected chi connectivity index (χ4v) is 1.14. The van der Waals surface area contributed by atoms with Crippen LogP contribution in [0.1, 0.15) is 20.3 Å². The number of rotatable bonds is 5. The molecule has 0 spiro atoms. The Kier molecular flexibility index (Phi) is 4.44. The van der Waals surface area contributed by atoms with Crippen LogP contribution in [0, 0.1) is 0 Å². The molecule has 0 unspecified atom stereocenters. The van der Waals surface area contributed by atoms with Crippen LogP contribution in [0.5, 0.6) is 0 Å². The summed E-state index contributed by atoms with van der Waals surface area (Å²) in [5, 5.41) is 8.61. The first-order chi connectivity index (χ1) is 5.31. The van der Waals surface area contributed by atoms with Gasteiger partial charge in [-0.15, -0.1) is 0 Å². The molecule has 12 heavy (non-hydrogen) atoms. The molecular weight excluding hydrogens is 168 g/mol. The minimum Gasteiger partial charge on any atom is -0.396 e. The minimum atomic E-state index is -1.24. The highest BCUT2D eigenvalue weighted by molar-refractivity contribution is 6.78. The number of ether oxygens (including phenoxy) is 1. The molecule has 0 amide bonds. The van der Waals surface area contributed by atoms with E-state index in [0.29, 0.717) is 6.61 Å². The van der Waals surface area contributed by atoms with Crippen LogP contribution >= 0.6 is 0 Å². The van der Waals surface area contributed by atoms with Gasteiger partial charge in [-0.3, -0.25) is 0 Å². The monoisotopic (exact) mass is 190 g/mol. The van der Waals surface area contributed by atoms with E-state index in [1.807, 2.05) is 0 Å². The Morgan fingerprint density at radius 3 is 2.08 bits per heavy atom. The minimum absolute atomic E-state index is 0.0160. The summed E-state index contributed by atoms with van der Waals surface area (Å²) in [6.07, 6.45) is 0.744. The third-order valence-electron chi connectivity index (χ3n) is 2.57. The maximum absolute atomic E-state index is 8.60. The molecule has 2 nitrogen and oxygen atoms in total. The molecule has 74 valence electrons. The lowest BCUT2D eigenvalue weighted by atomic mass is 10.4. The summed E-state index contributed by atoms with van der Waals surface area (Å²) < 4.78 is 5.74. The molecule has 0 aromatic carbocycles. The predicted molar refractivity (Wildman–Crippen MR) is 55.1 cm³/mol. The van der Waals surface area contributed by atoms with Crippen molar-refractivity contribution in [3.8, 4) is 0 Å². The average molecular weight is 190 g/mol. The Labute approximate surface area is 76.9 Å². The van der Waals surface area contributed by atoms with E-state index in [1.165, 1.54) is 0 Å². The average Bonchev–Trinajstić information content (AvgIpc) is 1.85. The molecule has 0 aliphatic rings. The molecule has 0 saturated heterocycles. The van der Waals surface area contributed by atoms with Crippen LogP contribution in [0.25, 0.3) is 0 Å². The van der Waals surface area contributed by atoms with E-state index in [-0.39, 0.29) is 11.8 Å². The Morgan fingerprint density at radius 1 is 1.25 bits per heavy atom. The number of aliphatic hydroxyl groups excluding tert-OH is 1. The largest absolute Gasteiger partial charge is 0.396 e. The zero-order valence-electron chi connectivity index (χ0n) is 8.98. The van der Waals surface area contributed by atoms with Gasteiger partial charge in [0.15, 0.2) is 0 Å². The molecule has 0 aliphatic carbocycles. The molecule has 0 bridgehead atoms. The zero-order chi connectivity index (χ0) is 9.83. The Hall–Kier alpha value is 0.137. The second kappa shape index (κ2) is 4.39. The normalized spacial score (nSPS) is 13.5. The number of aliphatic hydroxyl groups is 1. The van der Waals surface area contributed by atoms with Crippen LogP contribution in [-0.4, -0.2) is 31.6 Å². The lowest BCUT2D eigenvalue weighted by molar-refractivity contribution is 0.0288. The lowest BCUT2D eigenvalue weighted by Gasteiger charge is -2.37. The zero-order valence-corrected chi connectivity index (χ0v) is 9.98. The molecule has 0 rings (SSSR count). The van der Waals surface area contributed by atoms with Crippen molar-refractivity contribution in [2.45, 2.75) is 45.1 Å². The number of hydrogen-bond donors (Lipinski definition) is 1. The van der Waals surface area contributed by atoms with Gasteiger partial charge in [-0.2, -0.15) is 0 Å². The van der Waals surface area contributed by atoms with Crippen LogP contribution in [0.2, 0.25) is 19.6 Å². The molecule has 0 aromatic rings. The van der Waals surface area contributed by atoms with Gasteiger partial charge < -0.3 is 9.84 Å². The molecule has 0 heterocycles. The van der Waals surface area contributed by atoms with Crippen molar-refractivity contribution in [3.05, 3.63) is 0 Å². The van der Waals surface area contributed by atoms with Gasteiger partial charge in [-0.05, 0) is 20.3 Å². The Bertz CT molecular complexity index is 127. The standard InChI is InChI=1S/C9H22O2Si/c1-9(2,12(3,4)5)11-8-6-7-10/h10H,6-8H2,1-5H3. The third-order valence-corrected chi connectivity index (χ3v) is 6.33. The lowest BCUT2D eigenvalue weighted by Crippen LogP contribution is -2.49. The van der Waals surface area contributed by atoms with Gasteiger partial charge in [-0.25, -0.2) is 0 Å². The van der Waals surface area contributed by atoms with Gasteiger partial charge in [0.1, 0.15) is 0 Å². The maximum atomic E-state index is 8.60. The van der Waals surface area contributed by atoms with Crippen LogP contribution in [-0.2, 0) is 4.74 Å². The van der Waals surface area contributed by atoms with E-state index in [4.69, 9.17) is 9.84 Å². The van der Waals surface area contributed by atoms with E-state index in [2.05, 4.69) is 33.5 Å². The van der Waals surface area contributed by atoms with Crippen molar-refractivity contribution in [2.24, 2.45) is 0 Å². The van der Waals surface area contributed by atoms with E-state index in [1.54, 1.807) is 0 Å². The second-order valence-corrected chi connectivity index (χ2v) is 10.4. The molecule has 0 atom stereocenters. The van der Waals surface area contributed by atoms with Crippen molar-refractivity contribution in [3.63, 3.8) is 0 Å². The number of hydrogen-bond acceptors (Lipinski definition) is 2. The quantitative estimate of drug-likeness (QED) is 0.531. The van der Waals surface area contributed by atoms with Crippen molar-refractivity contribution in [2.75, 3.05) is 13.2 Å². The van der Waals surface area contributed by atoms with Gasteiger partial charge in [-0.1, -0.05) is 19.6 Å². The SMILES string of the molecule is CC(C)(OCCCO)[Si](C)(C)C. The summed E-state index contributed by atoms with van der Waals surface area (Å²) in [6, 6.07) is 0.